The summed E-state index contributed by atoms with van der Waals surface area (Å²) in [6.45, 7) is 1.48. The minimum atomic E-state index is -4.02. The van der Waals surface area contributed by atoms with E-state index in [1.165, 1.54) is 30.4 Å². The smallest absolute Gasteiger partial charge is 0.243 e. The third-order valence-corrected chi connectivity index (χ3v) is 6.72. The number of methoxy groups -OCH3 is 2. The molecule has 0 unspecified atom stereocenters. The molecular formula is C20H24FN9O4S. The molecule has 15 heteroatoms. The molecule has 0 radical (unpaired) electrons. The molecule has 0 saturated heterocycles. The Kier molecular flexibility index (Phi) is 6.59. The molecule has 3 heterocycles. The highest BCUT2D eigenvalue weighted by atomic mass is 32.2. The Balaban J connectivity index is 0.00000361. The lowest BCUT2D eigenvalue weighted by molar-refractivity contribution is 0.391. The molecule has 1 N–H and O–H groups in total. The van der Waals surface area contributed by atoms with E-state index < -0.39 is 21.1 Å². The third kappa shape index (κ3) is 4.89. The Hall–Kier alpha value is -4.14. The van der Waals surface area contributed by atoms with Crippen molar-refractivity contribution in [3.8, 4) is 28.7 Å². The van der Waals surface area contributed by atoms with Gasteiger partial charge in [0, 0.05) is 14.9 Å². The number of aromatic nitrogens is 8. The first-order valence-electron chi connectivity index (χ1n) is 10.2. The topological polar surface area (TPSA) is 152 Å². The number of hydrogen-bond acceptors (Lipinski definition) is 10. The van der Waals surface area contributed by atoms with Crippen LogP contribution in [-0.2, 0) is 23.5 Å². The maximum atomic E-state index is 13.2. The highest BCUT2D eigenvalue weighted by Gasteiger charge is 2.29. The Labute approximate surface area is 201 Å². The summed E-state index contributed by atoms with van der Waals surface area (Å²) in [7, 11) is 0.602. The summed E-state index contributed by atoms with van der Waals surface area (Å²) in [5.41, 5.74) is 0.696. The molecule has 0 aliphatic rings. The van der Waals surface area contributed by atoms with Crippen LogP contribution in [-0.4, -0.2) is 67.6 Å². The van der Waals surface area contributed by atoms with Gasteiger partial charge in [0.05, 0.1) is 38.1 Å². The lowest BCUT2D eigenvalue weighted by atomic mass is 10.2. The van der Waals surface area contributed by atoms with Crippen molar-refractivity contribution in [3.63, 3.8) is 0 Å². The first-order chi connectivity index (χ1) is 16.7. The van der Waals surface area contributed by atoms with Gasteiger partial charge in [-0.1, -0.05) is 11.3 Å². The fourth-order valence-corrected chi connectivity index (χ4v) is 4.23. The molecule has 0 fully saturated rings. The first-order valence-corrected chi connectivity index (χ1v) is 11.8. The van der Waals surface area contributed by atoms with E-state index in [2.05, 4.69) is 35.2 Å². The molecule has 3 aromatic heterocycles. The zero-order valence-corrected chi connectivity index (χ0v) is 20.1. The van der Waals surface area contributed by atoms with Crippen LogP contribution in [0.2, 0.25) is 0 Å². The number of anilines is 1. The van der Waals surface area contributed by atoms with Crippen molar-refractivity contribution in [2.24, 2.45) is 7.05 Å². The normalized spacial score (nSPS) is 12.4. The van der Waals surface area contributed by atoms with Crippen LogP contribution in [0.25, 0.3) is 17.2 Å². The van der Waals surface area contributed by atoms with Crippen molar-refractivity contribution in [1.82, 2.24) is 39.7 Å². The second-order valence-electron chi connectivity index (χ2n) is 7.45. The molecule has 4 aromatic rings. The summed E-state index contributed by atoms with van der Waals surface area (Å²) >= 11 is 0. The number of para-hydroxylation sites is 1. The van der Waals surface area contributed by atoms with Crippen LogP contribution < -0.4 is 14.2 Å². The van der Waals surface area contributed by atoms with Crippen LogP contribution >= 0.6 is 0 Å². The van der Waals surface area contributed by atoms with Gasteiger partial charge < -0.3 is 9.47 Å². The Morgan fingerprint density at radius 3 is 2.34 bits per heavy atom. The number of sulfonamides is 1. The number of nitrogens with zero attached hydrogens (tertiary/aromatic N) is 8. The number of aryl methyl sites for hydroxylation is 1. The molecule has 186 valence electrons. The summed E-state index contributed by atoms with van der Waals surface area (Å²) in [5, 5.41) is 15.2. The average Bonchev–Trinajstić information content (AvgIpc) is 3.45. The Morgan fingerprint density at radius 2 is 1.77 bits per heavy atom. The molecule has 0 aliphatic heterocycles. The van der Waals surface area contributed by atoms with E-state index >= 15 is 0 Å². The van der Waals surface area contributed by atoms with Crippen LogP contribution in [0.5, 0.6) is 11.5 Å². The molecule has 1 aromatic carbocycles. The number of halogens is 1. The standard InChI is InChI=1S/C20H22FN9O4S.H2/c1-12(8-17-22-9-13(21)10-23-17)35(31,32)27-20-26-25-19(14-11-29(2)28-24-14)30(20)18-15(33-3)6-5-7-16(18)34-4;/h5-7,9-12H,8H2,1-4H3,(H,26,27);1H/t12-;/m0./s1. The third-order valence-electron chi connectivity index (χ3n) is 5.03. The molecule has 1 atom stereocenters. The number of hydrogen-bond donors (Lipinski definition) is 1. The number of rotatable bonds is 9. The number of ether oxygens (including phenoxy) is 2. The zero-order valence-electron chi connectivity index (χ0n) is 19.2. The van der Waals surface area contributed by atoms with Crippen molar-refractivity contribution < 1.29 is 23.7 Å². The van der Waals surface area contributed by atoms with E-state index in [1.807, 2.05) is 0 Å². The summed E-state index contributed by atoms with van der Waals surface area (Å²) < 4.78 is 55.9. The van der Waals surface area contributed by atoms with Gasteiger partial charge in [0.1, 0.15) is 23.0 Å². The second kappa shape index (κ2) is 9.61. The van der Waals surface area contributed by atoms with Crippen molar-refractivity contribution in [3.05, 3.63) is 48.4 Å². The predicted molar refractivity (Wildman–Crippen MR) is 124 cm³/mol. The molecule has 13 nitrogen and oxygen atoms in total. The lowest BCUT2D eigenvalue weighted by Crippen LogP contribution is -2.29. The average molecular weight is 506 g/mol. The minimum Gasteiger partial charge on any atom is -0.494 e. The SMILES string of the molecule is COc1cccc(OC)c1-n1c(NS(=O)(=O)[C@@H](C)Cc2ncc(F)cn2)nnc1-c1cn(C)nn1.[HH]. The largest absolute Gasteiger partial charge is 0.494 e. The van der Waals surface area contributed by atoms with E-state index in [4.69, 9.17) is 9.47 Å². The van der Waals surface area contributed by atoms with Crippen molar-refractivity contribution in [2.45, 2.75) is 18.6 Å². The maximum absolute atomic E-state index is 13.2. The van der Waals surface area contributed by atoms with Gasteiger partial charge in [0.25, 0.3) is 0 Å². The summed E-state index contributed by atoms with van der Waals surface area (Å²) in [4.78, 5) is 7.67. The van der Waals surface area contributed by atoms with Crippen molar-refractivity contribution in [2.75, 3.05) is 18.9 Å². The van der Waals surface area contributed by atoms with E-state index in [9.17, 15) is 12.8 Å². The molecule has 0 aliphatic carbocycles. The van der Waals surface area contributed by atoms with Gasteiger partial charge in [0.2, 0.25) is 16.0 Å². The van der Waals surface area contributed by atoms with Crippen LogP contribution in [0.3, 0.4) is 0 Å². The van der Waals surface area contributed by atoms with Gasteiger partial charge >= 0.3 is 0 Å². The first kappa shape index (κ1) is 24.0. The predicted octanol–water partition coefficient (Wildman–Crippen LogP) is 1.63. The highest BCUT2D eigenvalue weighted by molar-refractivity contribution is 7.93. The van der Waals surface area contributed by atoms with Gasteiger partial charge in [0.15, 0.2) is 17.3 Å². The van der Waals surface area contributed by atoms with Crippen LogP contribution in [0.15, 0.2) is 36.8 Å². The van der Waals surface area contributed by atoms with Gasteiger partial charge in [-0.15, -0.1) is 15.3 Å². The van der Waals surface area contributed by atoms with E-state index in [0.717, 1.165) is 12.4 Å². The molecule has 0 spiro atoms. The summed E-state index contributed by atoms with van der Waals surface area (Å²) in [5.74, 6) is 0.397. The van der Waals surface area contributed by atoms with Gasteiger partial charge in [-0.3, -0.25) is 14.0 Å². The fourth-order valence-electron chi connectivity index (χ4n) is 3.27. The number of benzene rings is 1. The highest BCUT2D eigenvalue weighted by Crippen LogP contribution is 2.37. The number of nitrogens with one attached hydrogen (secondary N) is 1. The lowest BCUT2D eigenvalue weighted by Gasteiger charge is -2.18. The van der Waals surface area contributed by atoms with Crippen LogP contribution in [0, 0.1) is 5.82 Å². The maximum Gasteiger partial charge on any atom is 0.243 e. The van der Waals surface area contributed by atoms with E-state index in [0.29, 0.717) is 22.9 Å². The molecule has 0 bridgehead atoms. The molecule has 4 rings (SSSR count). The fraction of sp³-hybridized carbons (Fsp3) is 0.300. The molecule has 0 amide bonds. The molecule has 0 saturated carbocycles. The molecular weight excluding hydrogens is 481 g/mol. The van der Waals surface area contributed by atoms with Crippen LogP contribution in [0.1, 0.15) is 14.2 Å². The minimum absolute atomic E-state index is 0. The van der Waals surface area contributed by atoms with Gasteiger partial charge in [-0.25, -0.2) is 22.8 Å². The van der Waals surface area contributed by atoms with Crippen LogP contribution in [0.4, 0.5) is 10.3 Å². The molecule has 35 heavy (non-hydrogen) atoms. The quantitative estimate of drug-likeness (QED) is 0.355. The van der Waals surface area contributed by atoms with Crippen molar-refractivity contribution >= 4 is 16.0 Å². The zero-order chi connectivity index (χ0) is 25.2. The van der Waals surface area contributed by atoms with E-state index in [1.54, 1.807) is 31.4 Å². The van der Waals surface area contributed by atoms with Gasteiger partial charge in [-0.2, -0.15) is 0 Å². The monoisotopic (exact) mass is 505 g/mol. The van der Waals surface area contributed by atoms with Crippen molar-refractivity contribution in [1.29, 1.82) is 0 Å². The summed E-state index contributed by atoms with van der Waals surface area (Å²) in [6.07, 6.45) is 3.51. The second-order valence-corrected chi connectivity index (χ2v) is 9.55. The van der Waals surface area contributed by atoms with Gasteiger partial charge in [-0.05, 0) is 19.1 Å². The Bertz CT molecular complexity index is 1420. The summed E-state index contributed by atoms with van der Waals surface area (Å²) in [6, 6.07) is 5.10. The Morgan fingerprint density at radius 1 is 1.11 bits per heavy atom. The van der Waals surface area contributed by atoms with E-state index in [-0.39, 0.29) is 25.4 Å².